The van der Waals surface area contributed by atoms with Crippen LogP contribution in [0.5, 0.6) is 0 Å². The van der Waals surface area contributed by atoms with Gasteiger partial charge in [0.05, 0.1) is 7.11 Å². The number of benzene rings is 1. The fraction of sp³-hybridized carbons (Fsp3) is 0.333. The molecule has 0 saturated carbocycles. The van der Waals surface area contributed by atoms with Crippen molar-refractivity contribution < 1.29 is 14.3 Å². The Kier molecular flexibility index (Phi) is 3.32. The molecule has 0 heterocycles. The van der Waals surface area contributed by atoms with Crippen molar-refractivity contribution in [2.24, 2.45) is 0 Å². The lowest BCUT2D eigenvalue weighted by Gasteiger charge is -2.10. The molecule has 18 heavy (non-hydrogen) atoms. The second kappa shape index (κ2) is 4.77. The summed E-state index contributed by atoms with van der Waals surface area (Å²) < 4.78 is 4.58. The van der Waals surface area contributed by atoms with Crippen LogP contribution < -0.4 is 0 Å². The second-order valence-electron chi connectivity index (χ2n) is 4.54. The van der Waals surface area contributed by atoms with E-state index in [1.165, 1.54) is 13.2 Å². The molecule has 0 saturated heterocycles. The molecular formula is C15H16O3. The minimum absolute atomic E-state index is 0.222. The SMILES string of the molecule is COC(=O)/C=C/c1c(C)cc2c(c1C)CCC2=O. The molecule has 0 atom stereocenters. The fourth-order valence-electron chi connectivity index (χ4n) is 2.46. The van der Waals surface area contributed by atoms with E-state index in [0.29, 0.717) is 6.42 Å². The van der Waals surface area contributed by atoms with Crippen LogP contribution >= 0.6 is 0 Å². The second-order valence-corrected chi connectivity index (χ2v) is 4.54. The minimum Gasteiger partial charge on any atom is -0.466 e. The van der Waals surface area contributed by atoms with Crippen LogP contribution in [0, 0.1) is 13.8 Å². The number of rotatable bonds is 2. The molecule has 0 aliphatic heterocycles. The van der Waals surface area contributed by atoms with E-state index < -0.39 is 0 Å². The Morgan fingerprint density at radius 2 is 2.06 bits per heavy atom. The van der Waals surface area contributed by atoms with Gasteiger partial charge in [-0.05, 0) is 54.7 Å². The highest BCUT2D eigenvalue weighted by Crippen LogP contribution is 2.30. The number of carbonyl (C=O) groups excluding carboxylic acids is 2. The van der Waals surface area contributed by atoms with Crippen molar-refractivity contribution >= 4 is 17.8 Å². The summed E-state index contributed by atoms with van der Waals surface area (Å²) in [4.78, 5) is 22.8. The van der Waals surface area contributed by atoms with Gasteiger partial charge >= 0.3 is 5.97 Å². The maximum atomic E-state index is 11.7. The van der Waals surface area contributed by atoms with E-state index in [2.05, 4.69) is 4.74 Å². The first kappa shape index (κ1) is 12.6. The average Bonchev–Trinajstić information content (AvgIpc) is 2.70. The highest BCUT2D eigenvalue weighted by molar-refractivity contribution is 6.01. The Morgan fingerprint density at radius 3 is 2.72 bits per heavy atom. The van der Waals surface area contributed by atoms with Crippen LogP contribution in [-0.2, 0) is 16.0 Å². The predicted molar refractivity (Wildman–Crippen MR) is 69.6 cm³/mol. The van der Waals surface area contributed by atoms with E-state index in [1.807, 2.05) is 19.9 Å². The Labute approximate surface area is 106 Å². The van der Waals surface area contributed by atoms with Crippen molar-refractivity contribution in [2.45, 2.75) is 26.7 Å². The molecule has 2 rings (SSSR count). The number of Topliss-reactive ketones (excluding diaryl/α,β-unsaturated/α-hetero) is 1. The van der Waals surface area contributed by atoms with Crippen LogP contribution in [0.3, 0.4) is 0 Å². The van der Waals surface area contributed by atoms with Crippen molar-refractivity contribution in [3.63, 3.8) is 0 Å². The smallest absolute Gasteiger partial charge is 0.330 e. The third kappa shape index (κ3) is 2.08. The van der Waals surface area contributed by atoms with Gasteiger partial charge in [0.15, 0.2) is 5.78 Å². The largest absolute Gasteiger partial charge is 0.466 e. The molecule has 0 bridgehead atoms. The van der Waals surface area contributed by atoms with Gasteiger partial charge < -0.3 is 4.74 Å². The first-order valence-corrected chi connectivity index (χ1v) is 5.97. The first-order chi connectivity index (χ1) is 8.54. The molecule has 0 unspecified atom stereocenters. The summed E-state index contributed by atoms with van der Waals surface area (Å²) in [5, 5.41) is 0. The summed E-state index contributed by atoms with van der Waals surface area (Å²) in [6.07, 6.45) is 4.58. The Hall–Kier alpha value is -1.90. The number of ether oxygens (including phenoxy) is 1. The van der Waals surface area contributed by atoms with Crippen molar-refractivity contribution in [1.29, 1.82) is 0 Å². The molecule has 0 amide bonds. The number of esters is 1. The molecule has 1 aliphatic carbocycles. The van der Waals surface area contributed by atoms with Crippen molar-refractivity contribution in [2.75, 3.05) is 7.11 Å². The van der Waals surface area contributed by atoms with Gasteiger partial charge in [-0.15, -0.1) is 0 Å². The average molecular weight is 244 g/mol. The van der Waals surface area contributed by atoms with Crippen molar-refractivity contribution in [3.8, 4) is 0 Å². The van der Waals surface area contributed by atoms with Crippen LogP contribution in [0.1, 0.15) is 39.0 Å². The molecule has 3 nitrogen and oxygen atoms in total. The molecule has 0 radical (unpaired) electrons. The van der Waals surface area contributed by atoms with E-state index in [0.717, 1.165) is 34.2 Å². The molecule has 0 fully saturated rings. The van der Waals surface area contributed by atoms with Crippen molar-refractivity contribution in [3.05, 3.63) is 40.0 Å². The monoisotopic (exact) mass is 244 g/mol. The third-order valence-electron chi connectivity index (χ3n) is 3.46. The molecule has 0 aromatic heterocycles. The van der Waals surface area contributed by atoms with Crippen molar-refractivity contribution in [1.82, 2.24) is 0 Å². The van der Waals surface area contributed by atoms with Gasteiger partial charge in [0.25, 0.3) is 0 Å². The summed E-state index contributed by atoms with van der Waals surface area (Å²) in [7, 11) is 1.35. The number of hydrogen-bond donors (Lipinski definition) is 0. The maximum absolute atomic E-state index is 11.7. The Balaban J connectivity index is 2.47. The highest BCUT2D eigenvalue weighted by Gasteiger charge is 2.23. The predicted octanol–water partition coefficient (Wildman–Crippen LogP) is 2.62. The molecule has 0 spiro atoms. The standard InChI is InChI=1S/C15H16O3/c1-9-8-13-12(4-6-14(13)16)10(2)11(9)5-7-15(17)18-3/h5,7-8H,4,6H2,1-3H3/b7-5+. The van der Waals surface area contributed by atoms with Gasteiger partial charge in [0.2, 0.25) is 0 Å². The van der Waals surface area contributed by atoms with Gasteiger partial charge in [0, 0.05) is 18.1 Å². The lowest BCUT2D eigenvalue weighted by Crippen LogP contribution is -1.99. The maximum Gasteiger partial charge on any atom is 0.330 e. The van der Waals surface area contributed by atoms with Gasteiger partial charge in [-0.25, -0.2) is 4.79 Å². The van der Waals surface area contributed by atoms with E-state index in [1.54, 1.807) is 6.08 Å². The first-order valence-electron chi connectivity index (χ1n) is 5.97. The Morgan fingerprint density at radius 1 is 1.33 bits per heavy atom. The van der Waals surface area contributed by atoms with Crippen LogP contribution in [0.2, 0.25) is 0 Å². The number of hydrogen-bond acceptors (Lipinski definition) is 3. The number of methoxy groups -OCH3 is 1. The zero-order valence-electron chi connectivity index (χ0n) is 10.9. The highest BCUT2D eigenvalue weighted by atomic mass is 16.5. The number of ketones is 1. The summed E-state index contributed by atoms with van der Waals surface area (Å²) in [5.74, 6) is -0.148. The Bertz CT molecular complexity index is 553. The topological polar surface area (TPSA) is 43.4 Å². The normalized spacial score (nSPS) is 14.1. The molecule has 1 aromatic rings. The van der Waals surface area contributed by atoms with Crippen LogP contribution in [0.25, 0.3) is 6.08 Å². The molecular weight excluding hydrogens is 228 g/mol. The lowest BCUT2D eigenvalue weighted by molar-refractivity contribution is -0.134. The van der Waals surface area contributed by atoms with Crippen LogP contribution in [0.4, 0.5) is 0 Å². The quantitative estimate of drug-likeness (QED) is 0.593. The number of carbonyl (C=O) groups is 2. The van der Waals surface area contributed by atoms with Gasteiger partial charge in [-0.1, -0.05) is 0 Å². The van der Waals surface area contributed by atoms with E-state index >= 15 is 0 Å². The van der Waals surface area contributed by atoms with Crippen LogP contribution in [-0.4, -0.2) is 18.9 Å². The lowest BCUT2D eigenvalue weighted by atomic mass is 9.94. The zero-order chi connectivity index (χ0) is 13.3. The summed E-state index contributed by atoms with van der Waals surface area (Å²) in [5.41, 5.74) is 5.09. The molecule has 1 aliphatic rings. The van der Waals surface area contributed by atoms with E-state index in [-0.39, 0.29) is 11.8 Å². The van der Waals surface area contributed by atoms with Gasteiger partial charge in [-0.2, -0.15) is 0 Å². The summed E-state index contributed by atoms with van der Waals surface area (Å²) in [6, 6.07) is 1.93. The minimum atomic E-state index is -0.370. The fourth-order valence-corrected chi connectivity index (χ4v) is 2.46. The molecule has 94 valence electrons. The molecule has 3 heteroatoms. The summed E-state index contributed by atoms with van der Waals surface area (Å²) in [6.45, 7) is 3.96. The summed E-state index contributed by atoms with van der Waals surface area (Å²) >= 11 is 0. The van der Waals surface area contributed by atoms with Gasteiger partial charge in [0.1, 0.15) is 0 Å². The number of aryl methyl sites for hydroxylation is 1. The van der Waals surface area contributed by atoms with E-state index in [9.17, 15) is 9.59 Å². The molecule has 1 aromatic carbocycles. The third-order valence-corrected chi connectivity index (χ3v) is 3.46. The van der Waals surface area contributed by atoms with Gasteiger partial charge in [-0.3, -0.25) is 4.79 Å². The number of fused-ring (bicyclic) bond motifs is 1. The molecule has 0 N–H and O–H groups in total. The van der Waals surface area contributed by atoms with E-state index in [4.69, 9.17) is 0 Å². The van der Waals surface area contributed by atoms with Crippen LogP contribution in [0.15, 0.2) is 12.1 Å². The zero-order valence-corrected chi connectivity index (χ0v) is 10.9.